The van der Waals surface area contributed by atoms with Crippen LogP contribution in [0.3, 0.4) is 0 Å². The average molecular weight is 282 g/mol. The van der Waals surface area contributed by atoms with E-state index in [0.29, 0.717) is 33.9 Å². The minimum Gasteiger partial charge on any atom is -0.400 e. The molecule has 0 radical (unpaired) electrons. The number of benzene rings is 1. The number of fused-ring (bicyclic) bond motifs is 1. The first-order chi connectivity index (χ1) is 9.28. The van der Waals surface area contributed by atoms with Crippen LogP contribution in [0, 0.1) is 5.82 Å². The molecule has 2 aromatic heterocycles. The summed E-state index contributed by atoms with van der Waals surface area (Å²) in [6.07, 6.45) is 3.22. The molecule has 0 bridgehead atoms. The number of H-pyrrole nitrogens is 1. The summed E-state index contributed by atoms with van der Waals surface area (Å²) in [7, 11) is 1.00. The molecule has 8 heteroatoms. The van der Waals surface area contributed by atoms with E-state index in [1.54, 1.807) is 24.5 Å². The van der Waals surface area contributed by atoms with Crippen LogP contribution in [0.4, 0.5) is 4.39 Å². The van der Waals surface area contributed by atoms with Gasteiger partial charge in [-0.2, -0.15) is 5.10 Å². The van der Waals surface area contributed by atoms with Crippen LogP contribution < -0.4 is 0 Å². The molecule has 0 aliphatic rings. The SMILES string of the molecule is CO.OSc1nc2cc(-n3cccn3)c(F)cc2[nH]1. The molecule has 0 atom stereocenters. The number of hydrogen-bond donors (Lipinski definition) is 3. The highest BCUT2D eigenvalue weighted by molar-refractivity contribution is 7.93. The minimum atomic E-state index is -0.403. The molecule has 3 N–H and O–H groups in total. The van der Waals surface area contributed by atoms with Crippen molar-refractivity contribution in [2.45, 2.75) is 5.16 Å². The number of nitrogens with zero attached hydrogens (tertiary/aromatic N) is 3. The maximum absolute atomic E-state index is 13.8. The zero-order valence-electron chi connectivity index (χ0n) is 9.91. The van der Waals surface area contributed by atoms with Gasteiger partial charge < -0.3 is 14.6 Å². The first-order valence-electron chi connectivity index (χ1n) is 5.23. The van der Waals surface area contributed by atoms with Gasteiger partial charge >= 0.3 is 0 Å². The topological polar surface area (TPSA) is 87.0 Å². The third-order valence-electron chi connectivity index (χ3n) is 2.37. The quantitative estimate of drug-likeness (QED) is 0.626. The van der Waals surface area contributed by atoms with Crippen molar-refractivity contribution in [1.82, 2.24) is 19.7 Å². The standard InChI is InChI=1S/C10H7FN4OS.CH4O/c11-6-4-7-8(14-10(13-7)17-16)5-9(6)15-3-1-2-12-15;1-2/h1-5,16H,(H,13,14);2H,1H3. The predicted octanol–water partition coefficient (Wildman–Crippen LogP) is 2.06. The minimum absolute atomic E-state index is 0.323. The molecule has 0 aliphatic carbocycles. The van der Waals surface area contributed by atoms with E-state index in [2.05, 4.69) is 15.1 Å². The Balaban J connectivity index is 0.000000637. The van der Waals surface area contributed by atoms with Crippen molar-refractivity contribution in [3.63, 3.8) is 0 Å². The van der Waals surface area contributed by atoms with Crippen molar-refractivity contribution in [1.29, 1.82) is 0 Å². The van der Waals surface area contributed by atoms with Crippen LogP contribution in [0.15, 0.2) is 35.7 Å². The lowest BCUT2D eigenvalue weighted by Crippen LogP contribution is -1.97. The van der Waals surface area contributed by atoms with E-state index in [4.69, 9.17) is 9.66 Å². The van der Waals surface area contributed by atoms with E-state index in [9.17, 15) is 4.39 Å². The zero-order valence-corrected chi connectivity index (χ0v) is 10.7. The third-order valence-corrected chi connectivity index (χ3v) is 2.73. The van der Waals surface area contributed by atoms with Crippen LogP contribution in [0.25, 0.3) is 16.7 Å². The molecule has 100 valence electrons. The van der Waals surface area contributed by atoms with E-state index in [1.807, 2.05) is 0 Å². The van der Waals surface area contributed by atoms with Crippen LogP contribution >= 0.6 is 12.0 Å². The number of hydrogen-bond acceptors (Lipinski definition) is 5. The highest BCUT2D eigenvalue weighted by atomic mass is 32.2. The maximum atomic E-state index is 13.8. The van der Waals surface area contributed by atoms with Crippen molar-refractivity contribution >= 4 is 23.1 Å². The fourth-order valence-electron chi connectivity index (χ4n) is 1.63. The van der Waals surface area contributed by atoms with Gasteiger partial charge in [0.05, 0.1) is 23.1 Å². The second kappa shape index (κ2) is 5.83. The summed E-state index contributed by atoms with van der Waals surface area (Å²) in [6, 6.07) is 4.62. The van der Waals surface area contributed by atoms with Crippen LogP contribution in [-0.2, 0) is 0 Å². The zero-order chi connectivity index (χ0) is 13.8. The molecule has 0 saturated heterocycles. The molecule has 0 fully saturated rings. The van der Waals surface area contributed by atoms with Crippen molar-refractivity contribution in [3.8, 4) is 5.69 Å². The number of rotatable bonds is 2. The summed E-state index contributed by atoms with van der Waals surface area (Å²) >= 11 is 0.492. The highest BCUT2D eigenvalue weighted by Crippen LogP contribution is 2.22. The van der Waals surface area contributed by atoms with Crippen molar-refractivity contribution < 1.29 is 14.0 Å². The van der Waals surface area contributed by atoms with Gasteiger partial charge in [0.15, 0.2) is 11.0 Å². The Morgan fingerprint density at radius 1 is 1.37 bits per heavy atom. The van der Waals surface area contributed by atoms with E-state index in [-0.39, 0.29) is 0 Å². The first kappa shape index (κ1) is 13.5. The Bertz CT molecular complexity index is 669. The summed E-state index contributed by atoms with van der Waals surface area (Å²) in [5.74, 6) is -0.403. The third kappa shape index (κ3) is 2.60. The molecule has 1 aromatic carbocycles. The lowest BCUT2D eigenvalue weighted by atomic mass is 10.2. The average Bonchev–Trinajstić information content (AvgIpc) is 3.08. The second-order valence-electron chi connectivity index (χ2n) is 3.40. The smallest absolute Gasteiger partial charge is 0.193 e. The van der Waals surface area contributed by atoms with Crippen LogP contribution in [-0.4, -0.2) is 36.5 Å². The number of aliphatic hydroxyl groups excluding tert-OH is 1. The van der Waals surface area contributed by atoms with E-state index >= 15 is 0 Å². The monoisotopic (exact) mass is 282 g/mol. The molecule has 0 spiro atoms. The van der Waals surface area contributed by atoms with Gasteiger partial charge in [-0.05, 0) is 12.1 Å². The number of aromatic nitrogens is 4. The van der Waals surface area contributed by atoms with Crippen LogP contribution in [0.1, 0.15) is 0 Å². The van der Waals surface area contributed by atoms with Gasteiger partial charge in [0.2, 0.25) is 0 Å². The van der Waals surface area contributed by atoms with Gasteiger partial charge in [0.25, 0.3) is 0 Å². The number of imidazole rings is 1. The molecule has 3 aromatic rings. The lowest BCUT2D eigenvalue weighted by Gasteiger charge is -2.02. The molecule has 6 nitrogen and oxygen atoms in total. The Labute approximate surface area is 112 Å². The van der Waals surface area contributed by atoms with Gasteiger partial charge in [-0.1, -0.05) is 0 Å². The second-order valence-corrected chi connectivity index (χ2v) is 3.97. The number of nitrogens with one attached hydrogen (secondary N) is 1. The summed E-state index contributed by atoms with van der Waals surface area (Å²) in [6.45, 7) is 0. The Hall–Kier alpha value is -1.90. The van der Waals surface area contributed by atoms with E-state index < -0.39 is 5.82 Å². The van der Waals surface area contributed by atoms with E-state index in [0.717, 1.165) is 7.11 Å². The molecule has 19 heavy (non-hydrogen) atoms. The van der Waals surface area contributed by atoms with Crippen molar-refractivity contribution in [2.75, 3.05) is 7.11 Å². The van der Waals surface area contributed by atoms with Crippen LogP contribution in [0.2, 0.25) is 0 Å². The normalized spacial score (nSPS) is 10.3. The molecule has 3 rings (SSSR count). The van der Waals surface area contributed by atoms with Gasteiger partial charge in [-0.15, -0.1) is 0 Å². The Kier molecular flexibility index (Phi) is 4.15. The van der Waals surface area contributed by atoms with Gasteiger partial charge in [0, 0.05) is 25.6 Å². The Morgan fingerprint density at radius 3 is 2.79 bits per heavy atom. The molecule has 0 amide bonds. The summed E-state index contributed by atoms with van der Waals surface area (Å²) < 4.78 is 24.1. The van der Waals surface area contributed by atoms with Crippen molar-refractivity contribution in [3.05, 3.63) is 36.4 Å². The van der Waals surface area contributed by atoms with Gasteiger partial charge in [-0.3, -0.25) is 0 Å². The van der Waals surface area contributed by atoms with Crippen molar-refractivity contribution in [2.24, 2.45) is 0 Å². The lowest BCUT2D eigenvalue weighted by molar-refractivity contribution is 0.399. The summed E-state index contributed by atoms with van der Waals surface area (Å²) in [4.78, 5) is 6.88. The molecule has 0 unspecified atom stereocenters. The Morgan fingerprint density at radius 2 is 2.16 bits per heavy atom. The molecule has 0 saturated carbocycles. The maximum Gasteiger partial charge on any atom is 0.193 e. The predicted molar refractivity (Wildman–Crippen MR) is 69.8 cm³/mol. The number of halogens is 1. The fourth-order valence-corrected chi connectivity index (χ4v) is 1.92. The molecular formula is C11H11FN4O2S. The largest absolute Gasteiger partial charge is 0.400 e. The molecular weight excluding hydrogens is 271 g/mol. The molecule has 2 heterocycles. The van der Waals surface area contributed by atoms with Gasteiger partial charge in [-0.25, -0.2) is 14.1 Å². The van der Waals surface area contributed by atoms with Crippen LogP contribution in [0.5, 0.6) is 0 Å². The number of aromatic amines is 1. The first-order valence-corrected chi connectivity index (χ1v) is 6.00. The van der Waals surface area contributed by atoms with Gasteiger partial charge in [0.1, 0.15) is 5.69 Å². The summed E-state index contributed by atoms with van der Waals surface area (Å²) in [5.41, 5.74) is 1.44. The highest BCUT2D eigenvalue weighted by Gasteiger charge is 2.10. The van der Waals surface area contributed by atoms with E-state index in [1.165, 1.54) is 10.7 Å². The fraction of sp³-hybridized carbons (Fsp3) is 0.0909. The molecule has 0 aliphatic heterocycles. The summed E-state index contributed by atoms with van der Waals surface area (Å²) in [5, 5.41) is 11.3. The number of aliphatic hydroxyl groups is 1.